The van der Waals surface area contributed by atoms with Crippen molar-refractivity contribution in [2.45, 2.75) is 24.7 Å². The molecule has 1 N–H and O–H groups in total. The van der Waals surface area contributed by atoms with E-state index in [1.165, 1.54) is 24.3 Å². The molecule has 2 aliphatic rings. The SMILES string of the molecule is C=CCN1C(=O)COc2ccc(-c3csc(NS(=O)(=O)c4ccc5c(c4)CCCN5C(C)=O)n3)cc21. The monoisotopic (exact) mass is 524 g/mol. The Hall–Kier alpha value is -3.70. The van der Waals surface area contributed by atoms with Gasteiger partial charge in [0, 0.05) is 36.6 Å². The van der Waals surface area contributed by atoms with Crippen molar-refractivity contribution in [2.24, 2.45) is 0 Å². The molecule has 3 aromatic rings. The van der Waals surface area contributed by atoms with Gasteiger partial charge in [0.1, 0.15) is 5.75 Å². The summed E-state index contributed by atoms with van der Waals surface area (Å²) in [6, 6.07) is 10.2. The van der Waals surface area contributed by atoms with E-state index in [1.807, 2.05) is 6.07 Å². The average Bonchev–Trinajstić information content (AvgIpc) is 3.32. The molecule has 5 rings (SSSR count). The Labute approximate surface area is 213 Å². The van der Waals surface area contributed by atoms with Crippen molar-refractivity contribution in [3.05, 3.63) is 60.0 Å². The van der Waals surface area contributed by atoms with Crippen LogP contribution < -0.4 is 19.3 Å². The molecule has 186 valence electrons. The number of anilines is 3. The standard InChI is InChI=1S/C25H24N4O5S2/c1-3-10-29-22-13-17(6-9-23(22)34-14-24(29)31)20-15-35-25(26-20)27-36(32,33)19-7-8-21-18(12-19)5-4-11-28(21)16(2)30/h3,6-9,12-13,15H,1,4-5,10-11,14H2,2H3,(H,26,27). The lowest BCUT2D eigenvalue weighted by molar-refractivity contribution is -0.121. The first kappa shape index (κ1) is 24.0. The molecule has 9 nitrogen and oxygen atoms in total. The number of hydrogen-bond acceptors (Lipinski definition) is 7. The zero-order valence-electron chi connectivity index (χ0n) is 19.6. The summed E-state index contributed by atoms with van der Waals surface area (Å²) in [4.78, 5) is 32.0. The number of aromatic nitrogens is 1. The molecule has 2 aromatic carbocycles. The van der Waals surface area contributed by atoms with Crippen molar-refractivity contribution in [3.8, 4) is 17.0 Å². The van der Waals surface area contributed by atoms with E-state index in [9.17, 15) is 18.0 Å². The number of thiazole rings is 1. The van der Waals surface area contributed by atoms with Gasteiger partial charge in [-0.05, 0) is 54.8 Å². The second-order valence-electron chi connectivity index (χ2n) is 8.47. The number of fused-ring (bicyclic) bond motifs is 2. The molecular formula is C25H24N4O5S2. The first-order valence-corrected chi connectivity index (χ1v) is 13.7. The normalized spacial score (nSPS) is 15.1. The van der Waals surface area contributed by atoms with Crippen molar-refractivity contribution >= 4 is 49.7 Å². The van der Waals surface area contributed by atoms with Gasteiger partial charge in [0.15, 0.2) is 11.7 Å². The van der Waals surface area contributed by atoms with Gasteiger partial charge in [0.2, 0.25) is 5.91 Å². The highest BCUT2D eigenvalue weighted by Crippen LogP contribution is 2.37. The van der Waals surface area contributed by atoms with Crippen LogP contribution in [-0.4, -0.2) is 44.9 Å². The number of sulfonamides is 1. The second kappa shape index (κ2) is 9.40. The first-order valence-electron chi connectivity index (χ1n) is 11.3. The molecule has 1 aromatic heterocycles. The van der Waals surface area contributed by atoms with Crippen molar-refractivity contribution in [3.63, 3.8) is 0 Å². The van der Waals surface area contributed by atoms with Gasteiger partial charge < -0.3 is 14.5 Å². The number of nitrogens with one attached hydrogen (secondary N) is 1. The molecule has 2 amide bonds. The Morgan fingerprint density at radius 3 is 2.86 bits per heavy atom. The van der Waals surface area contributed by atoms with E-state index < -0.39 is 10.0 Å². The van der Waals surface area contributed by atoms with Crippen LogP contribution in [0, 0.1) is 0 Å². The predicted molar refractivity (Wildman–Crippen MR) is 139 cm³/mol. The third-order valence-electron chi connectivity index (χ3n) is 6.10. The first-order chi connectivity index (χ1) is 17.3. The van der Waals surface area contributed by atoms with Gasteiger partial charge in [-0.3, -0.25) is 14.3 Å². The molecule has 0 fully saturated rings. The molecule has 0 bridgehead atoms. The van der Waals surface area contributed by atoms with Crippen LogP contribution in [0.2, 0.25) is 0 Å². The zero-order chi connectivity index (χ0) is 25.4. The van der Waals surface area contributed by atoms with Crippen LogP contribution >= 0.6 is 11.3 Å². The molecule has 0 saturated carbocycles. The summed E-state index contributed by atoms with van der Waals surface area (Å²) in [5, 5.41) is 1.97. The van der Waals surface area contributed by atoms with Crippen molar-refractivity contribution < 1.29 is 22.7 Å². The fraction of sp³-hybridized carbons (Fsp3) is 0.240. The van der Waals surface area contributed by atoms with E-state index in [0.29, 0.717) is 36.6 Å². The summed E-state index contributed by atoms with van der Waals surface area (Å²) >= 11 is 1.17. The van der Waals surface area contributed by atoms with Gasteiger partial charge in [-0.15, -0.1) is 17.9 Å². The number of carbonyl (C=O) groups excluding carboxylic acids is 2. The molecule has 36 heavy (non-hydrogen) atoms. The number of carbonyl (C=O) groups is 2. The lowest BCUT2D eigenvalue weighted by Crippen LogP contribution is -2.38. The van der Waals surface area contributed by atoms with Gasteiger partial charge in [-0.2, -0.15) is 0 Å². The van der Waals surface area contributed by atoms with E-state index >= 15 is 0 Å². The summed E-state index contributed by atoms with van der Waals surface area (Å²) in [6.07, 6.45) is 3.13. The zero-order valence-corrected chi connectivity index (χ0v) is 21.2. The van der Waals surface area contributed by atoms with Gasteiger partial charge in [-0.1, -0.05) is 6.08 Å². The van der Waals surface area contributed by atoms with Crippen LogP contribution in [0.15, 0.2) is 59.3 Å². The van der Waals surface area contributed by atoms with Crippen LogP contribution in [0.25, 0.3) is 11.3 Å². The van der Waals surface area contributed by atoms with Crippen LogP contribution in [-0.2, 0) is 26.0 Å². The average molecular weight is 525 g/mol. The third kappa shape index (κ3) is 4.47. The Morgan fingerprint density at radius 2 is 2.08 bits per heavy atom. The predicted octanol–water partition coefficient (Wildman–Crippen LogP) is 3.82. The molecule has 0 saturated heterocycles. The van der Waals surface area contributed by atoms with Crippen molar-refractivity contribution in [1.29, 1.82) is 0 Å². The number of amides is 2. The number of hydrogen-bond donors (Lipinski definition) is 1. The van der Waals surface area contributed by atoms with E-state index in [-0.39, 0.29) is 28.4 Å². The molecule has 0 aliphatic carbocycles. The maximum Gasteiger partial charge on any atom is 0.265 e. The Kier molecular flexibility index (Phi) is 6.27. The minimum Gasteiger partial charge on any atom is -0.482 e. The van der Waals surface area contributed by atoms with E-state index in [4.69, 9.17) is 4.74 Å². The maximum atomic E-state index is 13.1. The Balaban J connectivity index is 1.39. The number of nitrogens with zero attached hydrogens (tertiary/aromatic N) is 3. The lowest BCUT2D eigenvalue weighted by atomic mass is 10.0. The van der Waals surface area contributed by atoms with Gasteiger partial charge in [-0.25, -0.2) is 13.4 Å². The van der Waals surface area contributed by atoms with Crippen LogP contribution in [0.5, 0.6) is 5.75 Å². The maximum absolute atomic E-state index is 13.1. The van der Waals surface area contributed by atoms with Crippen molar-refractivity contribution in [2.75, 3.05) is 34.2 Å². The summed E-state index contributed by atoms with van der Waals surface area (Å²) in [5.74, 6) is 0.362. The van der Waals surface area contributed by atoms with E-state index in [1.54, 1.807) is 45.5 Å². The van der Waals surface area contributed by atoms with Gasteiger partial charge in [0.05, 0.1) is 16.3 Å². The molecule has 3 heterocycles. The molecule has 0 spiro atoms. The quantitative estimate of drug-likeness (QED) is 0.491. The fourth-order valence-electron chi connectivity index (χ4n) is 4.39. The molecule has 2 aliphatic heterocycles. The van der Waals surface area contributed by atoms with Crippen molar-refractivity contribution in [1.82, 2.24) is 4.98 Å². The minimum atomic E-state index is -3.88. The summed E-state index contributed by atoms with van der Waals surface area (Å²) in [7, 11) is -3.88. The van der Waals surface area contributed by atoms with Crippen LogP contribution in [0.1, 0.15) is 18.9 Å². The van der Waals surface area contributed by atoms with E-state index in [0.717, 1.165) is 23.2 Å². The number of benzene rings is 2. The van der Waals surface area contributed by atoms with Gasteiger partial charge in [0.25, 0.3) is 15.9 Å². The number of aryl methyl sites for hydroxylation is 1. The molecule has 0 atom stereocenters. The second-order valence-corrected chi connectivity index (χ2v) is 11.0. The minimum absolute atomic E-state index is 0.0295. The van der Waals surface area contributed by atoms with Crippen LogP contribution in [0.4, 0.5) is 16.5 Å². The highest BCUT2D eigenvalue weighted by Gasteiger charge is 2.26. The molecule has 0 unspecified atom stereocenters. The van der Waals surface area contributed by atoms with Gasteiger partial charge >= 0.3 is 0 Å². The number of rotatable bonds is 6. The fourth-order valence-corrected chi connectivity index (χ4v) is 6.41. The molecule has 0 radical (unpaired) electrons. The lowest BCUT2D eigenvalue weighted by Gasteiger charge is -2.28. The summed E-state index contributed by atoms with van der Waals surface area (Å²) in [6.45, 7) is 6.17. The Bertz CT molecular complexity index is 1480. The largest absolute Gasteiger partial charge is 0.482 e. The van der Waals surface area contributed by atoms with E-state index in [2.05, 4.69) is 16.3 Å². The van der Waals surface area contributed by atoms with Crippen LogP contribution in [0.3, 0.4) is 0 Å². The Morgan fingerprint density at radius 1 is 1.25 bits per heavy atom. The summed E-state index contributed by atoms with van der Waals surface area (Å²) < 4.78 is 34.3. The molecular weight excluding hydrogens is 500 g/mol. The topological polar surface area (TPSA) is 109 Å². The highest BCUT2D eigenvalue weighted by atomic mass is 32.2. The summed E-state index contributed by atoms with van der Waals surface area (Å²) in [5.41, 5.74) is 3.49. The molecule has 11 heteroatoms. The number of ether oxygens (including phenoxy) is 1. The third-order valence-corrected chi connectivity index (χ3v) is 8.32. The highest BCUT2D eigenvalue weighted by molar-refractivity contribution is 7.93. The smallest absolute Gasteiger partial charge is 0.265 e.